The molecule has 26 heavy (non-hydrogen) atoms. The highest BCUT2D eigenvalue weighted by molar-refractivity contribution is 7.91. The van der Waals surface area contributed by atoms with Crippen LogP contribution in [0.2, 0.25) is 4.34 Å². The average molecular weight is 422 g/mol. The van der Waals surface area contributed by atoms with Gasteiger partial charge in [0.1, 0.15) is 10.8 Å². The van der Waals surface area contributed by atoms with E-state index in [1.54, 1.807) is 19.2 Å². The molecular formula is C15H20ClN3O5S2. The lowest BCUT2D eigenvalue weighted by Crippen LogP contribution is -2.43. The first-order chi connectivity index (χ1) is 12.5. The van der Waals surface area contributed by atoms with Gasteiger partial charge in [0.15, 0.2) is 5.82 Å². The fourth-order valence-electron chi connectivity index (χ4n) is 2.71. The van der Waals surface area contributed by atoms with Crippen LogP contribution in [0.25, 0.3) is 0 Å². The maximum atomic E-state index is 12.7. The molecule has 0 radical (unpaired) electrons. The summed E-state index contributed by atoms with van der Waals surface area (Å²) in [6.07, 6.45) is 1.91. The summed E-state index contributed by atoms with van der Waals surface area (Å²) in [4.78, 5) is 4.18. The number of piperidine rings is 1. The van der Waals surface area contributed by atoms with E-state index in [9.17, 15) is 8.42 Å². The van der Waals surface area contributed by atoms with E-state index >= 15 is 0 Å². The Bertz CT molecular complexity index is 823. The number of halogens is 1. The van der Waals surface area contributed by atoms with Crippen molar-refractivity contribution in [2.24, 2.45) is 0 Å². The Kier molecular flexibility index (Phi) is 6.65. The Labute approximate surface area is 161 Å². The minimum atomic E-state index is -3.52. The molecule has 2 aromatic heterocycles. The molecule has 0 aromatic carbocycles. The van der Waals surface area contributed by atoms with E-state index in [0.717, 1.165) is 24.2 Å². The summed E-state index contributed by atoms with van der Waals surface area (Å²) in [5, 5.41) is 3.85. The summed E-state index contributed by atoms with van der Waals surface area (Å²) in [6.45, 7) is 1.49. The topological polar surface area (TPSA) is 94.8 Å². The predicted octanol–water partition coefficient (Wildman–Crippen LogP) is 2.34. The Morgan fingerprint density at radius 3 is 3.04 bits per heavy atom. The highest BCUT2D eigenvalue weighted by atomic mass is 35.5. The molecule has 1 atom stereocenters. The number of sulfonamides is 1. The summed E-state index contributed by atoms with van der Waals surface area (Å²) < 4.78 is 43.3. The monoisotopic (exact) mass is 421 g/mol. The third-order valence-corrected chi connectivity index (χ3v) is 7.50. The quantitative estimate of drug-likeness (QED) is 0.645. The van der Waals surface area contributed by atoms with Crippen molar-refractivity contribution in [3.05, 3.63) is 28.2 Å². The normalized spacial score (nSPS) is 19.1. The lowest BCUT2D eigenvalue weighted by atomic mass is 10.1. The summed E-state index contributed by atoms with van der Waals surface area (Å²) in [6, 6.07) is 3.14. The van der Waals surface area contributed by atoms with Crippen molar-refractivity contribution >= 4 is 33.0 Å². The van der Waals surface area contributed by atoms with Crippen LogP contribution in [0.1, 0.15) is 24.6 Å². The Morgan fingerprint density at radius 2 is 2.31 bits per heavy atom. The third kappa shape index (κ3) is 4.81. The molecule has 0 saturated carbocycles. The van der Waals surface area contributed by atoms with Crippen molar-refractivity contribution in [3.63, 3.8) is 0 Å². The molecule has 0 spiro atoms. The van der Waals surface area contributed by atoms with Gasteiger partial charge in [0.25, 0.3) is 15.9 Å². The molecule has 1 aliphatic heterocycles. The van der Waals surface area contributed by atoms with Gasteiger partial charge in [-0.25, -0.2) is 8.42 Å². The van der Waals surface area contributed by atoms with Crippen molar-refractivity contribution in [2.75, 3.05) is 26.8 Å². The second kappa shape index (κ2) is 8.77. The maximum absolute atomic E-state index is 12.7. The zero-order chi connectivity index (χ0) is 18.6. The van der Waals surface area contributed by atoms with Gasteiger partial charge in [-0.05, 0) is 25.0 Å². The van der Waals surface area contributed by atoms with Crippen LogP contribution in [0.15, 0.2) is 20.9 Å². The van der Waals surface area contributed by atoms with Gasteiger partial charge in [0.05, 0.1) is 17.0 Å². The summed E-state index contributed by atoms with van der Waals surface area (Å²) in [7, 11) is -1.96. The molecule has 1 aliphatic rings. The van der Waals surface area contributed by atoms with E-state index < -0.39 is 10.0 Å². The number of nitrogens with zero attached hydrogens (tertiary/aromatic N) is 3. The van der Waals surface area contributed by atoms with E-state index in [0.29, 0.717) is 42.2 Å². The van der Waals surface area contributed by atoms with Gasteiger partial charge >= 0.3 is 0 Å². The molecule has 8 nitrogen and oxygen atoms in total. The fourth-order valence-corrected chi connectivity index (χ4v) is 5.86. The number of thiophene rings is 1. The highest BCUT2D eigenvalue weighted by Crippen LogP contribution is 2.30. The first kappa shape index (κ1) is 19.7. The minimum absolute atomic E-state index is 0.153. The first-order valence-electron chi connectivity index (χ1n) is 8.16. The van der Waals surface area contributed by atoms with E-state index in [4.69, 9.17) is 25.6 Å². The van der Waals surface area contributed by atoms with Gasteiger partial charge in [-0.3, -0.25) is 0 Å². The van der Waals surface area contributed by atoms with Crippen LogP contribution in [0, 0.1) is 0 Å². The van der Waals surface area contributed by atoms with Crippen LogP contribution in [-0.2, 0) is 32.5 Å². The molecular weight excluding hydrogens is 402 g/mol. The average Bonchev–Trinajstić information content (AvgIpc) is 3.25. The SMILES string of the molecule is COCc1nc(CCOC2CCCN(S(=O)(=O)c3ccc(Cl)s3)C2)no1. The minimum Gasteiger partial charge on any atom is -0.376 e. The second-order valence-electron chi connectivity index (χ2n) is 5.84. The molecule has 1 fully saturated rings. The van der Waals surface area contributed by atoms with Crippen molar-refractivity contribution in [2.45, 2.75) is 36.2 Å². The third-order valence-electron chi connectivity index (χ3n) is 3.94. The first-order valence-corrected chi connectivity index (χ1v) is 10.8. The van der Waals surface area contributed by atoms with E-state index in [1.165, 1.54) is 4.31 Å². The molecule has 3 heterocycles. The van der Waals surface area contributed by atoms with Gasteiger partial charge in [-0.15, -0.1) is 11.3 Å². The van der Waals surface area contributed by atoms with Gasteiger partial charge in [-0.2, -0.15) is 9.29 Å². The van der Waals surface area contributed by atoms with E-state index in [-0.39, 0.29) is 16.9 Å². The molecule has 144 valence electrons. The zero-order valence-electron chi connectivity index (χ0n) is 14.3. The van der Waals surface area contributed by atoms with Crippen LogP contribution in [-0.4, -0.2) is 55.8 Å². The van der Waals surface area contributed by atoms with E-state index in [1.807, 2.05) is 0 Å². The Hall–Kier alpha value is -1.04. The Balaban J connectivity index is 1.52. The van der Waals surface area contributed by atoms with Gasteiger partial charge in [-0.1, -0.05) is 16.8 Å². The molecule has 1 unspecified atom stereocenters. The van der Waals surface area contributed by atoms with Gasteiger partial charge < -0.3 is 14.0 Å². The second-order valence-corrected chi connectivity index (χ2v) is 9.72. The molecule has 0 amide bonds. The largest absolute Gasteiger partial charge is 0.376 e. The maximum Gasteiger partial charge on any atom is 0.252 e. The summed E-state index contributed by atoms with van der Waals surface area (Å²) in [5.74, 6) is 0.970. The molecule has 0 bridgehead atoms. The number of methoxy groups -OCH3 is 1. The van der Waals surface area contributed by atoms with Crippen molar-refractivity contribution in [3.8, 4) is 0 Å². The molecule has 0 N–H and O–H groups in total. The van der Waals surface area contributed by atoms with E-state index in [2.05, 4.69) is 10.1 Å². The van der Waals surface area contributed by atoms with Crippen molar-refractivity contribution in [1.29, 1.82) is 0 Å². The molecule has 3 rings (SSSR count). The van der Waals surface area contributed by atoms with Crippen molar-refractivity contribution < 1.29 is 22.4 Å². The fraction of sp³-hybridized carbons (Fsp3) is 0.600. The van der Waals surface area contributed by atoms with Crippen LogP contribution < -0.4 is 0 Å². The van der Waals surface area contributed by atoms with Gasteiger partial charge in [0, 0.05) is 26.6 Å². The number of ether oxygens (including phenoxy) is 2. The lowest BCUT2D eigenvalue weighted by Gasteiger charge is -2.31. The summed E-state index contributed by atoms with van der Waals surface area (Å²) in [5.41, 5.74) is 0. The molecule has 2 aromatic rings. The van der Waals surface area contributed by atoms with Gasteiger partial charge in [0.2, 0.25) is 0 Å². The molecule has 0 aliphatic carbocycles. The number of hydrogen-bond donors (Lipinski definition) is 0. The van der Waals surface area contributed by atoms with Crippen LogP contribution >= 0.6 is 22.9 Å². The summed E-state index contributed by atoms with van der Waals surface area (Å²) >= 11 is 6.93. The lowest BCUT2D eigenvalue weighted by molar-refractivity contribution is 0.0199. The van der Waals surface area contributed by atoms with Crippen LogP contribution in [0.4, 0.5) is 0 Å². The predicted molar refractivity (Wildman–Crippen MR) is 95.8 cm³/mol. The molecule has 1 saturated heterocycles. The Morgan fingerprint density at radius 1 is 1.46 bits per heavy atom. The number of hydrogen-bond acceptors (Lipinski definition) is 8. The van der Waals surface area contributed by atoms with Crippen molar-refractivity contribution in [1.82, 2.24) is 14.4 Å². The van der Waals surface area contributed by atoms with Crippen LogP contribution in [0.3, 0.4) is 0 Å². The number of rotatable bonds is 8. The zero-order valence-corrected chi connectivity index (χ0v) is 16.6. The highest BCUT2D eigenvalue weighted by Gasteiger charge is 2.31. The standard InChI is InChI=1S/C15H20ClN3O5S2/c1-22-10-14-17-13(18-24-14)6-8-23-11-3-2-7-19(9-11)26(20,21)15-5-4-12(16)25-15/h4-5,11H,2-3,6-10H2,1H3. The number of aromatic nitrogens is 2. The van der Waals surface area contributed by atoms with Crippen LogP contribution in [0.5, 0.6) is 0 Å². The smallest absolute Gasteiger partial charge is 0.252 e. The molecule has 11 heteroatoms.